The van der Waals surface area contributed by atoms with Crippen LogP contribution in [-0.4, -0.2) is 17.8 Å². The highest BCUT2D eigenvalue weighted by molar-refractivity contribution is 7.90. The highest BCUT2D eigenvalue weighted by Crippen LogP contribution is 2.23. The Kier molecular flexibility index (Phi) is 3.17. The van der Waals surface area contributed by atoms with Gasteiger partial charge in [0.1, 0.15) is 5.65 Å². The number of hydrogen-bond donors (Lipinski definition) is 1. The monoisotopic (exact) mass is 301 g/mol. The molecular formula is C15H15N3O2S. The van der Waals surface area contributed by atoms with Crippen molar-refractivity contribution in [3.63, 3.8) is 0 Å². The maximum absolute atomic E-state index is 12.5. The van der Waals surface area contributed by atoms with Crippen LogP contribution in [0.4, 0.5) is 5.69 Å². The molecule has 0 saturated carbocycles. The second-order valence-electron chi connectivity index (χ2n) is 5.00. The second-order valence-corrected chi connectivity index (χ2v) is 6.96. The molecule has 1 aromatic carbocycles. The standard InChI is InChI=1S/C15H15N3O2S/c1-11-5-6-13(16)14(8-11)21(19,20)10-12-9-18-7-3-2-4-15(18)17-12/h2-9H,10,16H2,1H3. The minimum atomic E-state index is -3.51. The van der Waals surface area contributed by atoms with E-state index in [0.29, 0.717) is 5.69 Å². The van der Waals surface area contributed by atoms with Gasteiger partial charge in [-0.2, -0.15) is 0 Å². The Morgan fingerprint density at radius 2 is 2.05 bits per heavy atom. The van der Waals surface area contributed by atoms with Gasteiger partial charge < -0.3 is 10.1 Å². The van der Waals surface area contributed by atoms with Crippen LogP contribution in [0.1, 0.15) is 11.3 Å². The third-order valence-electron chi connectivity index (χ3n) is 3.26. The van der Waals surface area contributed by atoms with Crippen molar-refractivity contribution in [1.29, 1.82) is 0 Å². The maximum Gasteiger partial charge on any atom is 0.186 e. The van der Waals surface area contributed by atoms with Crippen molar-refractivity contribution >= 4 is 21.2 Å². The number of aryl methyl sites for hydroxylation is 1. The Hall–Kier alpha value is -2.34. The molecule has 0 atom stereocenters. The topological polar surface area (TPSA) is 77.5 Å². The van der Waals surface area contributed by atoms with Gasteiger partial charge in [0.15, 0.2) is 9.84 Å². The molecule has 0 unspecified atom stereocenters. The SMILES string of the molecule is Cc1ccc(N)c(S(=O)(=O)Cc2cn3ccccc3n2)c1. The Morgan fingerprint density at radius 1 is 1.24 bits per heavy atom. The molecule has 0 aliphatic rings. The molecule has 108 valence electrons. The first-order valence-electron chi connectivity index (χ1n) is 6.47. The summed E-state index contributed by atoms with van der Waals surface area (Å²) >= 11 is 0. The van der Waals surface area contributed by atoms with Gasteiger partial charge >= 0.3 is 0 Å². The van der Waals surface area contributed by atoms with Crippen LogP contribution in [-0.2, 0) is 15.6 Å². The first-order chi connectivity index (χ1) is 9.95. The van der Waals surface area contributed by atoms with E-state index in [1.165, 1.54) is 0 Å². The minimum Gasteiger partial charge on any atom is -0.398 e. The number of hydrogen-bond acceptors (Lipinski definition) is 4. The summed E-state index contributed by atoms with van der Waals surface area (Å²) in [6.07, 6.45) is 3.55. The number of nitrogen functional groups attached to an aromatic ring is 1. The van der Waals surface area contributed by atoms with Crippen LogP contribution in [0.5, 0.6) is 0 Å². The van der Waals surface area contributed by atoms with E-state index in [-0.39, 0.29) is 16.3 Å². The fourth-order valence-corrected chi connectivity index (χ4v) is 3.72. The van der Waals surface area contributed by atoms with Crippen LogP contribution in [0.15, 0.2) is 53.7 Å². The zero-order valence-electron chi connectivity index (χ0n) is 11.5. The van der Waals surface area contributed by atoms with Crippen molar-refractivity contribution < 1.29 is 8.42 Å². The third kappa shape index (κ3) is 2.62. The molecule has 0 radical (unpaired) electrons. The van der Waals surface area contributed by atoms with Gasteiger partial charge in [-0.3, -0.25) is 0 Å². The van der Waals surface area contributed by atoms with Crippen molar-refractivity contribution in [3.05, 3.63) is 60.0 Å². The van der Waals surface area contributed by atoms with Crippen LogP contribution in [0.25, 0.3) is 5.65 Å². The number of fused-ring (bicyclic) bond motifs is 1. The van der Waals surface area contributed by atoms with Crippen LogP contribution >= 0.6 is 0 Å². The van der Waals surface area contributed by atoms with Gasteiger partial charge in [-0.25, -0.2) is 13.4 Å². The smallest absolute Gasteiger partial charge is 0.186 e. The predicted octanol–water partition coefficient (Wildman–Crippen LogP) is 2.20. The first kappa shape index (κ1) is 13.6. The number of pyridine rings is 1. The Bertz CT molecular complexity index is 881. The largest absolute Gasteiger partial charge is 0.398 e. The van der Waals surface area contributed by atoms with E-state index in [1.54, 1.807) is 28.8 Å². The van der Waals surface area contributed by atoms with Crippen molar-refractivity contribution in [1.82, 2.24) is 9.38 Å². The lowest BCUT2D eigenvalue weighted by molar-refractivity contribution is 0.595. The minimum absolute atomic E-state index is 0.164. The van der Waals surface area contributed by atoms with Crippen molar-refractivity contribution in [2.24, 2.45) is 0 Å². The summed E-state index contributed by atoms with van der Waals surface area (Å²) in [6, 6.07) is 10.6. The van der Waals surface area contributed by atoms with Crippen molar-refractivity contribution in [2.75, 3.05) is 5.73 Å². The molecule has 0 aliphatic carbocycles. The zero-order valence-corrected chi connectivity index (χ0v) is 12.3. The van der Waals surface area contributed by atoms with Crippen LogP contribution in [0.2, 0.25) is 0 Å². The lowest BCUT2D eigenvalue weighted by atomic mass is 10.2. The molecule has 3 aromatic rings. The van der Waals surface area contributed by atoms with Gasteiger partial charge in [0.25, 0.3) is 0 Å². The molecule has 0 aliphatic heterocycles. The molecule has 0 spiro atoms. The first-order valence-corrected chi connectivity index (χ1v) is 8.12. The van der Waals surface area contributed by atoms with Crippen molar-refractivity contribution in [2.45, 2.75) is 17.6 Å². The molecule has 2 aromatic heterocycles. The highest BCUT2D eigenvalue weighted by atomic mass is 32.2. The summed E-state index contributed by atoms with van der Waals surface area (Å²) < 4.78 is 26.8. The highest BCUT2D eigenvalue weighted by Gasteiger charge is 2.20. The molecule has 0 saturated heterocycles. The van der Waals surface area contributed by atoms with E-state index in [2.05, 4.69) is 4.98 Å². The molecule has 5 nitrogen and oxygen atoms in total. The lowest BCUT2D eigenvalue weighted by Gasteiger charge is -2.07. The summed E-state index contributed by atoms with van der Waals surface area (Å²) in [4.78, 5) is 4.48. The maximum atomic E-state index is 12.5. The molecular weight excluding hydrogens is 286 g/mol. The van der Waals surface area contributed by atoms with Gasteiger partial charge in [0, 0.05) is 12.4 Å². The quantitative estimate of drug-likeness (QED) is 0.752. The lowest BCUT2D eigenvalue weighted by Crippen LogP contribution is -2.08. The van der Waals surface area contributed by atoms with Crippen LogP contribution in [0.3, 0.4) is 0 Å². The predicted molar refractivity (Wildman–Crippen MR) is 81.7 cm³/mol. The average molecular weight is 301 g/mol. The van der Waals surface area contributed by atoms with Crippen LogP contribution < -0.4 is 5.73 Å². The van der Waals surface area contributed by atoms with E-state index in [0.717, 1.165) is 11.2 Å². The van der Waals surface area contributed by atoms with E-state index in [1.807, 2.05) is 31.3 Å². The molecule has 0 bridgehead atoms. The Labute approximate surface area is 123 Å². The Morgan fingerprint density at radius 3 is 2.81 bits per heavy atom. The number of anilines is 1. The molecule has 0 fully saturated rings. The second kappa shape index (κ2) is 4.89. The van der Waals surface area contributed by atoms with Gasteiger partial charge in [0.2, 0.25) is 0 Å². The third-order valence-corrected chi connectivity index (χ3v) is 4.96. The van der Waals surface area contributed by atoms with E-state index in [9.17, 15) is 8.42 Å². The van der Waals surface area contributed by atoms with Gasteiger partial charge in [0.05, 0.1) is 22.0 Å². The van der Waals surface area contributed by atoms with Gasteiger partial charge in [-0.15, -0.1) is 0 Å². The van der Waals surface area contributed by atoms with E-state index >= 15 is 0 Å². The fraction of sp³-hybridized carbons (Fsp3) is 0.133. The molecule has 6 heteroatoms. The summed E-state index contributed by atoms with van der Waals surface area (Å²) in [6.45, 7) is 1.84. The summed E-state index contributed by atoms with van der Waals surface area (Å²) in [5, 5.41) is 0. The number of rotatable bonds is 3. The van der Waals surface area contributed by atoms with Gasteiger partial charge in [-0.1, -0.05) is 12.1 Å². The number of sulfone groups is 1. The molecule has 0 amide bonds. The number of nitrogens with zero attached hydrogens (tertiary/aromatic N) is 2. The number of imidazole rings is 1. The number of nitrogens with two attached hydrogens (primary N) is 1. The van der Waals surface area contributed by atoms with Crippen molar-refractivity contribution in [3.8, 4) is 0 Å². The zero-order chi connectivity index (χ0) is 15.0. The molecule has 21 heavy (non-hydrogen) atoms. The fourth-order valence-electron chi connectivity index (χ4n) is 2.24. The van der Waals surface area contributed by atoms with Gasteiger partial charge in [-0.05, 0) is 36.8 Å². The van der Waals surface area contributed by atoms with E-state index in [4.69, 9.17) is 5.73 Å². The average Bonchev–Trinajstić information content (AvgIpc) is 2.82. The molecule has 2 N–H and O–H groups in total. The summed E-state index contributed by atoms with van der Waals surface area (Å²) in [7, 11) is -3.51. The van der Waals surface area contributed by atoms with E-state index < -0.39 is 9.84 Å². The summed E-state index contributed by atoms with van der Waals surface area (Å²) in [5.74, 6) is -0.164. The number of benzene rings is 1. The summed E-state index contributed by atoms with van der Waals surface area (Å²) in [5.41, 5.74) is 8.15. The Balaban J connectivity index is 2.01. The molecule has 3 rings (SSSR count). The van der Waals surface area contributed by atoms with Crippen LogP contribution in [0, 0.1) is 6.92 Å². The number of aromatic nitrogens is 2. The molecule has 2 heterocycles. The normalized spacial score (nSPS) is 11.9.